The van der Waals surface area contributed by atoms with Crippen LogP contribution in [0.1, 0.15) is 73.6 Å². The molecule has 0 spiro atoms. The van der Waals surface area contributed by atoms with Gasteiger partial charge >= 0.3 is 0 Å². The fourth-order valence-corrected chi connectivity index (χ4v) is 7.19. The Bertz CT molecular complexity index is 1700. The molecular weight excluding hydrogens is 665 g/mol. The molecule has 0 radical (unpaired) electrons. The Balaban J connectivity index is 0.870. The number of benzene rings is 4. The molecule has 6 rings (SSSR count). The molecule has 6 nitrogen and oxygen atoms in total. The van der Waals surface area contributed by atoms with E-state index in [1.807, 2.05) is 24.3 Å². The normalized spacial score (nSPS) is 15.3. The van der Waals surface area contributed by atoms with Gasteiger partial charge in [-0.2, -0.15) is 0 Å². The van der Waals surface area contributed by atoms with E-state index in [2.05, 4.69) is 167 Å². The zero-order valence-electron chi connectivity index (χ0n) is 31.4. The number of hydrogen-bond acceptors (Lipinski definition) is 4. The van der Waals surface area contributed by atoms with Gasteiger partial charge in [0, 0.05) is 63.8 Å². The van der Waals surface area contributed by atoms with Crippen LogP contribution in [-0.2, 0) is 33.5 Å². The molecule has 54 heavy (non-hydrogen) atoms. The van der Waals surface area contributed by atoms with Crippen LogP contribution >= 0.6 is 0 Å². The minimum absolute atomic E-state index is 0.0929. The maximum atomic E-state index is 12.9. The standard InChI is InChI=1S/C48H54N4O2/c53-45(49-39-47(43-23-13-7-14-24-43)29-33-51(34-30-47)37-41-19-9-5-10-20-41)27-17-3-1-2-4-18-28-46(54)50-40-48(44-25-15-8-16-26-44)31-35-52(36-32-48)38-42-21-11-6-12-22-42/h5-16,19-26,29-36H,1-4,17-18,27-28,37-40H2,(H,49,53)(H,50,54). The molecule has 0 aromatic heterocycles. The third kappa shape index (κ3) is 11.0. The van der Waals surface area contributed by atoms with Crippen molar-refractivity contribution in [2.24, 2.45) is 0 Å². The topological polar surface area (TPSA) is 64.7 Å². The van der Waals surface area contributed by atoms with E-state index in [0.29, 0.717) is 25.9 Å². The summed E-state index contributed by atoms with van der Waals surface area (Å²) in [5.74, 6) is 0.186. The fraction of sp³-hybridized carbons (Fsp3) is 0.292. The molecule has 2 heterocycles. The number of nitrogens with one attached hydrogen (secondary N) is 2. The van der Waals surface area contributed by atoms with Gasteiger partial charge in [0.05, 0.1) is 10.8 Å². The van der Waals surface area contributed by atoms with Crippen molar-refractivity contribution in [1.82, 2.24) is 20.4 Å². The third-order valence-electron chi connectivity index (χ3n) is 10.5. The Kier molecular flexibility index (Phi) is 13.7. The smallest absolute Gasteiger partial charge is 0.220 e. The first-order chi connectivity index (χ1) is 26.5. The summed E-state index contributed by atoms with van der Waals surface area (Å²) in [6.07, 6.45) is 24.3. The molecule has 0 atom stereocenters. The molecule has 4 aromatic rings. The molecule has 0 unspecified atom stereocenters. The second kappa shape index (κ2) is 19.5. The second-order valence-electron chi connectivity index (χ2n) is 14.6. The largest absolute Gasteiger partial charge is 0.355 e. The van der Waals surface area contributed by atoms with Gasteiger partial charge in [0.15, 0.2) is 0 Å². The van der Waals surface area contributed by atoms with Crippen molar-refractivity contribution in [2.75, 3.05) is 13.1 Å². The second-order valence-corrected chi connectivity index (χ2v) is 14.6. The fourth-order valence-electron chi connectivity index (χ4n) is 7.19. The zero-order valence-corrected chi connectivity index (χ0v) is 31.4. The van der Waals surface area contributed by atoms with Gasteiger partial charge < -0.3 is 20.4 Å². The van der Waals surface area contributed by atoms with Gasteiger partial charge in [-0.05, 0) is 35.1 Å². The van der Waals surface area contributed by atoms with Crippen LogP contribution in [0.3, 0.4) is 0 Å². The van der Waals surface area contributed by atoms with Gasteiger partial charge in [0.2, 0.25) is 11.8 Å². The summed E-state index contributed by atoms with van der Waals surface area (Å²) < 4.78 is 0. The maximum absolute atomic E-state index is 12.9. The summed E-state index contributed by atoms with van der Waals surface area (Å²) >= 11 is 0. The van der Waals surface area contributed by atoms with E-state index < -0.39 is 0 Å². The number of carbonyl (C=O) groups is 2. The van der Waals surface area contributed by atoms with Gasteiger partial charge in [-0.3, -0.25) is 9.59 Å². The Morgan fingerprint density at radius 3 is 1.09 bits per heavy atom. The van der Waals surface area contributed by atoms with Crippen LogP contribution in [-0.4, -0.2) is 34.7 Å². The van der Waals surface area contributed by atoms with E-state index in [-0.39, 0.29) is 22.6 Å². The predicted octanol–water partition coefficient (Wildman–Crippen LogP) is 9.30. The van der Waals surface area contributed by atoms with Crippen molar-refractivity contribution in [3.8, 4) is 0 Å². The quantitative estimate of drug-likeness (QED) is 0.0950. The molecule has 2 aliphatic heterocycles. The van der Waals surface area contributed by atoms with Crippen LogP contribution in [0.2, 0.25) is 0 Å². The molecule has 278 valence electrons. The minimum atomic E-state index is -0.383. The molecule has 0 saturated carbocycles. The third-order valence-corrected chi connectivity index (χ3v) is 10.5. The summed E-state index contributed by atoms with van der Waals surface area (Å²) in [5.41, 5.74) is 4.06. The maximum Gasteiger partial charge on any atom is 0.220 e. The van der Waals surface area contributed by atoms with Crippen molar-refractivity contribution < 1.29 is 9.59 Å². The number of hydrogen-bond donors (Lipinski definition) is 2. The lowest BCUT2D eigenvalue weighted by Crippen LogP contribution is -2.40. The first-order valence-electron chi connectivity index (χ1n) is 19.5. The molecule has 2 aliphatic rings. The minimum Gasteiger partial charge on any atom is -0.355 e. The van der Waals surface area contributed by atoms with E-state index in [4.69, 9.17) is 0 Å². The SMILES string of the molecule is O=C(CCCCCCCCC(=O)NCC1(c2ccccc2)C=CN(Cc2ccccc2)C=C1)NCC1(c2ccccc2)C=CN(Cc2ccccc2)C=C1. The number of amides is 2. The van der Waals surface area contributed by atoms with Crippen LogP contribution < -0.4 is 10.6 Å². The summed E-state index contributed by atoms with van der Waals surface area (Å²) in [5, 5.41) is 6.45. The Hall–Kier alpha value is -5.62. The molecule has 0 aliphatic carbocycles. The number of carbonyl (C=O) groups excluding carboxylic acids is 2. The average Bonchev–Trinajstić information content (AvgIpc) is 3.23. The van der Waals surface area contributed by atoms with Crippen LogP contribution in [0.5, 0.6) is 0 Å². The number of unbranched alkanes of at least 4 members (excludes halogenated alkanes) is 5. The summed E-state index contributed by atoms with van der Waals surface area (Å²) in [4.78, 5) is 30.2. The van der Waals surface area contributed by atoms with Crippen LogP contribution in [0.4, 0.5) is 0 Å². The van der Waals surface area contributed by atoms with Crippen molar-refractivity contribution in [3.63, 3.8) is 0 Å². The lowest BCUT2D eigenvalue weighted by molar-refractivity contribution is -0.122. The highest BCUT2D eigenvalue weighted by molar-refractivity contribution is 5.76. The van der Waals surface area contributed by atoms with Crippen molar-refractivity contribution in [2.45, 2.75) is 75.3 Å². The summed E-state index contributed by atoms with van der Waals surface area (Å²) in [6, 6.07) is 41.6. The highest BCUT2D eigenvalue weighted by atomic mass is 16.2. The van der Waals surface area contributed by atoms with E-state index in [1.165, 1.54) is 11.1 Å². The van der Waals surface area contributed by atoms with Gasteiger partial charge in [0.1, 0.15) is 0 Å². The molecular formula is C48H54N4O2. The Labute approximate surface area is 322 Å². The molecule has 2 N–H and O–H groups in total. The van der Waals surface area contributed by atoms with E-state index in [9.17, 15) is 9.59 Å². The Morgan fingerprint density at radius 2 is 0.741 bits per heavy atom. The first kappa shape index (κ1) is 38.1. The average molecular weight is 719 g/mol. The molecule has 2 amide bonds. The van der Waals surface area contributed by atoms with E-state index in [0.717, 1.165) is 62.7 Å². The van der Waals surface area contributed by atoms with Crippen LogP contribution in [0.15, 0.2) is 170 Å². The highest BCUT2D eigenvalue weighted by Gasteiger charge is 2.31. The molecule has 0 bridgehead atoms. The van der Waals surface area contributed by atoms with Gasteiger partial charge in [0.25, 0.3) is 0 Å². The number of nitrogens with zero attached hydrogens (tertiary/aromatic N) is 2. The monoisotopic (exact) mass is 718 g/mol. The number of rotatable bonds is 19. The highest BCUT2D eigenvalue weighted by Crippen LogP contribution is 2.32. The van der Waals surface area contributed by atoms with E-state index in [1.54, 1.807) is 0 Å². The first-order valence-corrected chi connectivity index (χ1v) is 19.5. The summed E-state index contributed by atoms with van der Waals surface area (Å²) in [7, 11) is 0. The molecule has 4 aromatic carbocycles. The van der Waals surface area contributed by atoms with Crippen LogP contribution in [0.25, 0.3) is 0 Å². The van der Waals surface area contributed by atoms with Gasteiger partial charge in [-0.25, -0.2) is 0 Å². The van der Waals surface area contributed by atoms with E-state index >= 15 is 0 Å². The molecule has 0 fully saturated rings. The molecule has 6 heteroatoms. The molecule has 0 saturated heterocycles. The zero-order chi connectivity index (χ0) is 37.3. The lowest BCUT2D eigenvalue weighted by Gasteiger charge is -2.33. The van der Waals surface area contributed by atoms with Gasteiger partial charge in [-0.15, -0.1) is 0 Å². The van der Waals surface area contributed by atoms with Crippen molar-refractivity contribution in [3.05, 3.63) is 193 Å². The van der Waals surface area contributed by atoms with Crippen LogP contribution in [0, 0.1) is 0 Å². The van der Waals surface area contributed by atoms with Gasteiger partial charge in [-0.1, -0.05) is 171 Å². The predicted molar refractivity (Wildman–Crippen MR) is 220 cm³/mol. The summed E-state index contributed by atoms with van der Waals surface area (Å²) in [6.45, 7) is 2.66. The lowest BCUT2D eigenvalue weighted by atomic mass is 9.79. The van der Waals surface area contributed by atoms with Crippen molar-refractivity contribution >= 4 is 11.8 Å². The van der Waals surface area contributed by atoms with Crippen molar-refractivity contribution in [1.29, 1.82) is 0 Å². The Morgan fingerprint density at radius 1 is 0.426 bits per heavy atom.